The second-order valence-electron chi connectivity index (χ2n) is 5.31. The van der Waals surface area contributed by atoms with E-state index in [1.807, 2.05) is 19.9 Å². The highest BCUT2D eigenvalue weighted by molar-refractivity contribution is 6.07. The average molecular weight is 313 g/mol. The zero-order chi connectivity index (χ0) is 17.1. The van der Waals surface area contributed by atoms with Crippen molar-refractivity contribution < 1.29 is 9.72 Å². The Morgan fingerprint density at radius 1 is 1.48 bits per heavy atom. The second kappa shape index (κ2) is 6.27. The zero-order valence-electron chi connectivity index (χ0n) is 12.9. The standard InChI is InChI=1S/C15H15N5O3/c1-9(2)19-8-11(7-16)14(18-19)17-15(21)12-6-10(3)4-5-13(12)20(22)23/h4-6,8-9H,1-3H3,(H,17,18,21). The molecule has 0 fully saturated rings. The first-order chi connectivity index (χ1) is 10.8. The molecule has 0 unspecified atom stereocenters. The van der Waals surface area contributed by atoms with Gasteiger partial charge >= 0.3 is 0 Å². The average Bonchev–Trinajstić information content (AvgIpc) is 2.90. The quantitative estimate of drug-likeness (QED) is 0.688. The van der Waals surface area contributed by atoms with Gasteiger partial charge in [0.05, 0.1) is 4.92 Å². The Labute approximate surface area is 132 Å². The normalized spacial score (nSPS) is 10.4. The van der Waals surface area contributed by atoms with E-state index in [1.54, 1.807) is 17.7 Å². The van der Waals surface area contributed by atoms with E-state index in [1.165, 1.54) is 18.3 Å². The molecule has 1 aromatic carbocycles. The molecular weight excluding hydrogens is 298 g/mol. The van der Waals surface area contributed by atoms with Gasteiger partial charge in [-0.25, -0.2) is 0 Å². The van der Waals surface area contributed by atoms with Crippen molar-refractivity contribution in [1.29, 1.82) is 5.26 Å². The number of anilines is 1. The highest BCUT2D eigenvalue weighted by atomic mass is 16.6. The number of nitro benzene ring substituents is 1. The van der Waals surface area contributed by atoms with Crippen LogP contribution in [0.3, 0.4) is 0 Å². The molecule has 0 bridgehead atoms. The van der Waals surface area contributed by atoms with Crippen molar-refractivity contribution >= 4 is 17.4 Å². The van der Waals surface area contributed by atoms with Crippen LogP contribution in [0.1, 0.15) is 41.4 Å². The first-order valence-corrected chi connectivity index (χ1v) is 6.89. The number of nitriles is 1. The molecule has 2 rings (SSSR count). The highest BCUT2D eigenvalue weighted by Crippen LogP contribution is 2.22. The number of aryl methyl sites for hydroxylation is 1. The molecule has 0 spiro atoms. The molecule has 0 radical (unpaired) electrons. The van der Waals surface area contributed by atoms with Gasteiger partial charge in [0, 0.05) is 18.3 Å². The van der Waals surface area contributed by atoms with Crippen molar-refractivity contribution in [2.75, 3.05) is 5.32 Å². The summed E-state index contributed by atoms with van der Waals surface area (Å²) < 4.78 is 1.54. The Morgan fingerprint density at radius 3 is 2.74 bits per heavy atom. The van der Waals surface area contributed by atoms with E-state index in [0.717, 1.165) is 0 Å². The van der Waals surface area contributed by atoms with E-state index < -0.39 is 10.8 Å². The molecule has 2 aromatic rings. The van der Waals surface area contributed by atoms with Crippen LogP contribution in [0.2, 0.25) is 0 Å². The van der Waals surface area contributed by atoms with Gasteiger partial charge in [-0.2, -0.15) is 10.4 Å². The van der Waals surface area contributed by atoms with Gasteiger partial charge in [-0.15, -0.1) is 0 Å². The molecule has 8 nitrogen and oxygen atoms in total. The third kappa shape index (κ3) is 3.35. The summed E-state index contributed by atoms with van der Waals surface area (Å²) in [7, 11) is 0. The van der Waals surface area contributed by atoms with Crippen LogP contribution in [0.5, 0.6) is 0 Å². The van der Waals surface area contributed by atoms with Gasteiger partial charge in [-0.1, -0.05) is 6.07 Å². The summed E-state index contributed by atoms with van der Waals surface area (Å²) in [6.45, 7) is 5.49. The van der Waals surface area contributed by atoms with Gasteiger partial charge in [-0.05, 0) is 32.4 Å². The van der Waals surface area contributed by atoms with Crippen molar-refractivity contribution in [2.45, 2.75) is 26.8 Å². The minimum atomic E-state index is -0.675. The number of nitro groups is 1. The van der Waals surface area contributed by atoms with Crippen LogP contribution >= 0.6 is 0 Å². The lowest BCUT2D eigenvalue weighted by molar-refractivity contribution is -0.385. The lowest BCUT2D eigenvalue weighted by atomic mass is 10.1. The number of nitrogens with one attached hydrogen (secondary N) is 1. The molecule has 23 heavy (non-hydrogen) atoms. The Bertz CT molecular complexity index is 817. The van der Waals surface area contributed by atoms with Gasteiger partial charge in [0.25, 0.3) is 11.6 Å². The summed E-state index contributed by atoms with van der Waals surface area (Å²) in [5, 5.41) is 26.8. The number of hydrogen-bond acceptors (Lipinski definition) is 5. The topological polar surface area (TPSA) is 114 Å². The second-order valence-corrected chi connectivity index (χ2v) is 5.31. The van der Waals surface area contributed by atoms with Crippen LogP contribution in [-0.2, 0) is 0 Å². The third-order valence-corrected chi connectivity index (χ3v) is 3.21. The molecule has 0 atom stereocenters. The van der Waals surface area contributed by atoms with Crippen molar-refractivity contribution in [1.82, 2.24) is 9.78 Å². The van der Waals surface area contributed by atoms with Gasteiger partial charge in [0.2, 0.25) is 0 Å². The fraction of sp³-hybridized carbons (Fsp3) is 0.267. The van der Waals surface area contributed by atoms with Gasteiger partial charge in [0.1, 0.15) is 17.2 Å². The van der Waals surface area contributed by atoms with Crippen molar-refractivity contribution in [3.8, 4) is 6.07 Å². The van der Waals surface area contributed by atoms with Gasteiger partial charge in [0.15, 0.2) is 5.82 Å². The van der Waals surface area contributed by atoms with Crippen LogP contribution in [-0.4, -0.2) is 20.6 Å². The lowest BCUT2D eigenvalue weighted by Gasteiger charge is -2.06. The zero-order valence-corrected chi connectivity index (χ0v) is 12.9. The summed E-state index contributed by atoms with van der Waals surface area (Å²) in [4.78, 5) is 22.8. The van der Waals surface area contributed by atoms with E-state index in [-0.39, 0.29) is 28.7 Å². The predicted molar refractivity (Wildman–Crippen MR) is 83.1 cm³/mol. The van der Waals surface area contributed by atoms with Crippen molar-refractivity contribution in [3.05, 3.63) is 51.2 Å². The number of hydrogen-bond donors (Lipinski definition) is 1. The number of benzene rings is 1. The molecule has 8 heteroatoms. The molecule has 0 aliphatic heterocycles. The Hall–Kier alpha value is -3.21. The molecular formula is C15H15N5O3. The van der Waals surface area contributed by atoms with Crippen LogP contribution in [0.15, 0.2) is 24.4 Å². The first-order valence-electron chi connectivity index (χ1n) is 6.89. The Balaban J connectivity index is 2.39. The lowest BCUT2D eigenvalue weighted by Crippen LogP contribution is -2.15. The number of amides is 1. The van der Waals surface area contributed by atoms with Crippen LogP contribution in [0, 0.1) is 28.4 Å². The number of aromatic nitrogens is 2. The number of carbonyl (C=O) groups excluding carboxylic acids is 1. The van der Waals surface area contributed by atoms with Crippen LogP contribution < -0.4 is 5.32 Å². The maximum Gasteiger partial charge on any atom is 0.282 e. The smallest absolute Gasteiger partial charge is 0.282 e. The number of rotatable bonds is 4. The Morgan fingerprint density at radius 2 is 2.17 bits per heavy atom. The molecule has 1 heterocycles. The van der Waals surface area contributed by atoms with E-state index in [0.29, 0.717) is 5.56 Å². The van der Waals surface area contributed by atoms with E-state index in [2.05, 4.69) is 10.4 Å². The first kappa shape index (κ1) is 16.2. The molecule has 118 valence electrons. The molecule has 1 aromatic heterocycles. The third-order valence-electron chi connectivity index (χ3n) is 3.21. The summed E-state index contributed by atoms with van der Waals surface area (Å²) in [5.74, 6) is -0.590. The summed E-state index contributed by atoms with van der Waals surface area (Å²) >= 11 is 0. The number of nitrogens with zero attached hydrogens (tertiary/aromatic N) is 4. The highest BCUT2D eigenvalue weighted by Gasteiger charge is 2.22. The monoisotopic (exact) mass is 313 g/mol. The predicted octanol–water partition coefficient (Wildman–Crippen LogP) is 2.80. The summed E-state index contributed by atoms with van der Waals surface area (Å²) in [6.07, 6.45) is 1.52. The molecule has 1 amide bonds. The van der Waals surface area contributed by atoms with Gasteiger partial charge in [-0.3, -0.25) is 19.6 Å². The van der Waals surface area contributed by atoms with Gasteiger partial charge < -0.3 is 5.32 Å². The summed E-state index contributed by atoms with van der Waals surface area (Å²) in [5.41, 5.74) is 0.546. The van der Waals surface area contributed by atoms with Crippen LogP contribution in [0.25, 0.3) is 0 Å². The molecule has 0 saturated heterocycles. The fourth-order valence-corrected chi connectivity index (χ4v) is 2.00. The molecule has 0 aliphatic carbocycles. The molecule has 0 saturated carbocycles. The fourth-order valence-electron chi connectivity index (χ4n) is 2.00. The molecule has 1 N–H and O–H groups in total. The minimum absolute atomic E-state index is 0.0149. The van der Waals surface area contributed by atoms with Crippen molar-refractivity contribution in [2.24, 2.45) is 0 Å². The maximum absolute atomic E-state index is 12.4. The van der Waals surface area contributed by atoms with E-state index in [9.17, 15) is 14.9 Å². The largest absolute Gasteiger partial charge is 0.304 e. The van der Waals surface area contributed by atoms with Crippen molar-refractivity contribution in [3.63, 3.8) is 0 Å². The minimum Gasteiger partial charge on any atom is -0.304 e. The number of carbonyl (C=O) groups is 1. The maximum atomic E-state index is 12.4. The molecule has 0 aliphatic rings. The Kier molecular flexibility index (Phi) is 4.41. The SMILES string of the molecule is Cc1ccc([N+](=O)[O-])c(C(=O)Nc2nn(C(C)C)cc2C#N)c1. The van der Waals surface area contributed by atoms with Crippen LogP contribution in [0.4, 0.5) is 11.5 Å². The summed E-state index contributed by atoms with van der Waals surface area (Å²) in [6, 6.07) is 6.23. The van der Waals surface area contributed by atoms with E-state index >= 15 is 0 Å². The van der Waals surface area contributed by atoms with E-state index in [4.69, 9.17) is 5.26 Å².